The highest BCUT2D eigenvalue weighted by atomic mass is 16.6. The Morgan fingerprint density at radius 2 is 1.69 bits per heavy atom. The number of benzene rings is 2. The topological polar surface area (TPSA) is 107 Å². The van der Waals surface area contributed by atoms with Gasteiger partial charge in [-0.2, -0.15) is 0 Å². The van der Waals surface area contributed by atoms with E-state index in [1.54, 1.807) is 0 Å². The Kier molecular flexibility index (Phi) is 6.01. The minimum Gasteiger partial charge on any atom is -0.462 e. The number of carbonyl (C=O) groups excluding carboxylic acids is 3. The third-order valence-electron chi connectivity index (χ3n) is 4.67. The van der Waals surface area contributed by atoms with Gasteiger partial charge < -0.3 is 4.74 Å². The lowest BCUT2D eigenvalue weighted by molar-refractivity contribution is -0.384. The van der Waals surface area contributed by atoms with Crippen LogP contribution in [0.25, 0.3) is 0 Å². The van der Waals surface area contributed by atoms with Crippen molar-refractivity contribution in [2.45, 2.75) is 32.6 Å². The monoisotopic (exact) mass is 396 g/mol. The number of amides is 2. The van der Waals surface area contributed by atoms with Gasteiger partial charge in [0, 0.05) is 12.1 Å². The van der Waals surface area contributed by atoms with E-state index in [1.165, 1.54) is 42.5 Å². The van der Waals surface area contributed by atoms with Crippen LogP contribution >= 0.6 is 0 Å². The minimum absolute atomic E-state index is 0.105. The van der Waals surface area contributed by atoms with Gasteiger partial charge in [0.2, 0.25) is 0 Å². The summed E-state index contributed by atoms with van der Waals surface area (Å²) in [6, 6.07) is 9.36. The molecule has 150 valence electrons. The normalized spacial score (nSPS) is 12.8. The SMILES string of the molecule is CCCCCCOC(=O)c1ccc2c(c1)C(=O)N(c1ccc([N+](=O)[O-])cc1)C2=O. The molecule has 8 heteroatoms. The van der Waals surface area contributed by atoms with E-state index in [-0.39, 0.29) is 28.1 Å². The lowest BCUT2D eigenvalue weighted by Crippen LogP contribution is -2.29. The Labute approximate surface area is 167 Å². The zero-order valence-electron chi connectivity index (χ0n) is 15.9. The van der Waals surface area contributed by atoms with E-state index < -0.39 is 22.7 Å². The van der Waals surface area contributed by atoms with Gasteiger partial charge in [0.25, 0.3) is 17.5 Å². The molecule has 0 saturated heterocycles. The molecule has 1 aliphatic rings. The van der Waals surface area contributed by atoms with Crippen LogP contribution in [0.5, 0.6) is 0 Å². The molecule has 0 saturated carbocycles. The molecule has 2 aromatic rings. The number of ether oxygens (including phenoxy) is 1. The van der Waals surface area contributed by atoms with E-state index in [0.29, 0.717) is 6.61 Å². The Bertz CT molecular complexity index is 968. The Balaban J connectivity index is 1.76. The van der Waals surface area contributed by atoms with Gasteiger partial charge in [0.1, 0.15) is 0 Å². The molecule has 0 aromatic heterocycles. The second-order valence-corrected chi connectivity index (χ2v) is 6.68. The van der Waals surface area contributed by atoms with Crippen LogP contribution in [0.15, 0.2) is 42.5 Å². The molecular formula is C21H20N2O6. The van der Waals surface area contributed by atoms with Crippen LogP contribution < -0.4 is 4.90 Å². The first kappa shape index (κ1) is 20.2. The highest BCUT2D eigenvalue weighted by Crippen LogP contribution is 2.30. The molecule has 0 bridgehead atoms. The highest BCUT2D eigenvalue weighted by Gasteiger charge is 2.37. The molecule has 0 N–H and O–H groups in total. The lowest BCUT2D eigenvalue weighted by Gasteiger charge is -2.13. The number of rotatable bonds is 8. The fourth-order valence-corrected chi connectivity index (χ4v) is 3.10. The van der Waals surface area contributed by atoms with Crippen molar-refractivity contribution in [1.82, 2.24) is 0 Å². The molecule has 3 rings (SSSR count). The van der Waals surface area contributed by atoms with Crippen molar-refractivity contribution < 1.29 is 24.0 Å². The molecule has 29 heavy (non-hydrogen) atoms. The second kappa shape index (κ2) is 8.64. The fraction of sp³-hybridized carbons (Fsp3) is 0.286. The molecule has 2 amide bonds. The van der Waals surface area contributed by atoms with Crippen molar-refractivity contribution in [2.24, 2.45) is 0 Å². The number of hydrogen-bond donors (Lipinski definition) is 0. The van der Waals surface area contributed by atoms with Crippen LogP contribution in [-0.4, -0.2) is 29.3 Å². The summed E-state index contributed by atoms with van der Waals surface area (Å²) in [4.78, 5) is 48.8. The van der Waals surface area contributed by atoms with E-state index in [2.05, 4.69) is 6.92 Å². The number of esters is 1. The predicted molar refractivity (Wildman–Crippen MR) is 105 cm³/mol. The van der Waals surface area contributed by atoms with Crippen molar-refractivity contribution in [3.8, 4) is 0 Å². The highest BCUT2D eigenvalue weighted by molar-refractivity contribution is 6.34. The summed E-state index contributed by atoms with van der Waals surface area (Å²) in [6.07, 6.45) is 3.91. The van der Waals surface area contributed by atoms with Gasteiger partial charge in [0.15, 0.2) is 0 Å². The van der Waals surface area contributed by atoms with Crippen LogP contribution in [0, 0.1) is 10.1 Å². The van der Waals surface area contributed by atoms with Crippen LogP contribution in [0.2, 0.25) is 0 Å². The van der Waals surface area contributed by atoms with E-state index in [0.717, 1.165) is 30.6 Å². The van der Waals surface area contributed by atoms with Crippen LogP contribution in [0.4, 0.5) is 11.4 Å². The van der Waals surface area contributed by atoms with Crippen molar-refractivity contribution in [3.63, 3.8) is 0 Å². The molecular weight excluding hydrogens is 376 g/mol. The van der Waals surface area contributed by atoms with Gasteiger partial charge in [-0.05, 0) is 36.8 Å². The Morgan fingerprint density at radius 1 is 1.00 bits per heavy atom. The predicted octanol–water partition coefficient (Wildman–Crippen LogP) is 4.13. The average molecular weight is 396 g/mol. The zero-order chi connectivity index (χ0) is 21.0. The first-order chi connectivity index (χ1) is 13.9. The first-order valence-electron chi connectivity index (χ1n) is 9.38. The number of nitro groups is 1. The number of unbranched alkanes of at least 4 members (excludes halogenated alkanes) is 3. The largest absolute Gasteiger partial charge is 0.462 e. The van der Waals surface area contributed by atoms with Gasteiger partial charge in [-0.15, -0.1) is 0 Å². The van der Waals surface area contributed by atoms with Gasteiger partial charge in [-0.25, -0.2) is 9.69 Å². The number of non-ortho nitro benzene ring substituents is 1. The van der Waals surface area contributed by atoms with Crippen LogP contribution in [0.3, 0.4) is 0 Å². The molecule has 1 aliphatic heterocycles. The quantitative estimate of drug-likeness (QED) is 0.218. The Morgan fingerprint density at radius 3 is 2.34 bits per heavy atom. The van der Waals surface area contributed by atoms with Crippen LogP contribution in [-0.2, 0) is 4.74 Å². The van der Waals surface area contributed by atoms with Crippen LogP contribution in [0.1, 0.15) is 63.7 Å². The fourth-order valence-electron chi connectivity index (χ4n) is 3.10. The maximum atomic E-state index is 12.8. The summed E-state index contributed by atoms with van der Waals surface area (Å²) in [7, 11) is 0. The maximum absolute atomic E-state index is 12.8. The number of hydrogen-bond acceptors (Lipinski definition) is 6. The Hall–Kier alpha value is -3.55. The molecule has 0 atom stereocenters. The van der Waals surface area contributed by atoms with E-state index in [1.807, 2.05) is 0 Å². The molecule has 0 aliphatic carbocycles. The molecule has 8 nitrogen and oxygen atoms in total. The number of fused-ring (bicyclic) bond motifs is 1. The summed E-state index contributed by atoms with van der Waals surface area (Å²) in [5.41, 5.74) is 0.559. The molecule has 0 radical (unpaired) electrons. The molecule has 0 spiro atoms. The molecule has 2 aromatic carbocycles. The van der Waals surface area contributed by atoms with Gasteiger partial charge in [0.05, 0.1) is 33.9 Å². The van der Waals surface area contributed by atoms with E-state index >= 15 is 0 Å². The number of nitrogens with zero attached hydrogens (tertiary/aromatic N) is 2. The number of anilines is 1. The van der Waals surface area contributed by atoms with Gasteiger partial charge >= 0.3 is 5.97 Å². The zero-order valence-corrected chi connectivity index (χ0v) is 15.9. The number of nitro benzene ring substituents is 1. The van der Waals surface area contributed by atoms with Crippen molar-refractivity contribution in [1.29, 1.82) is 0 Å². The molecule has 1 heterocycles. The number of carbonyl (C=O) groups is 3. The van der Waals surface area contributed by atoms with Gasteiger partial charge in [-0.1, -0.05) is 26.2 Å². The van der Waals surface area contributed by atoms with Crippen molar-refractivity contribution in [3.05, 3.63) is 69.3 Å². The summed E-state index contributed by atoms with van der Waals surface area (Å²) >= 11 is 0. The lowest BCUT2D eigenvalue weighted by atomic mass is 10.1. The standard InChI is InChI=1S/C21H20N2O6/c1-2-3-4-5-12-29-21(26)14-6-11-17-18(13-14)20(25)22(19(17)24)15-7-9-16(10-8-15)23(27)28/h6-11,13H,2-5,12H2,1H3. The summed E-state index contributed by atoms with van der Waals surface area (Å²) in [5.74, 6) is -1.67. The summed E-state index contributed by atoms with van der Waals surface area (Å²) in [5, 5.41) is 10.8. The summed E-state index contributed by atoms with van der Waals surface area (Å²) < 4.78 is 5.23. The number of imide groups is 1. The summed E-state index contributed by atoms with van der Waals surface area (Å²) in [6.45, 7) is 2.40. The van der Waals surface area contributed by atoms with E-state index in [9.17, 15) is 24.5 Å². The van der Waals surface area contributed by atoms with Crippen molar-refractivity contribution >= 4 is 29.2 Å². The molecule has 0 unspecified atom stereocenters. The third kappa shape index (κ3) is 4.16. The molecule has 0 fully saturated rings. The smallest absolute Gasteiger partial charge is 0.338 e. The van der Waals surface area contributed by atoms with Crippen molar-refractivity contribution in [2.75, 3.05) is 11.5 Å². The van der Waals surface area contributed by atoms with Gasteiger partial charge in [-0.3, -0.25) is 19.7 Å². The van der Waals surface area contributed by atoms with E-state index in [4.69, 9.17) is 4.74 Å². The maximum Gasteiger partial charge on any atom is 0.338 e. The first-order valence-corrected chi connectivity index (χ1v) is 9.38. The third-order valence-corrected chi connectivity index (χ3v) is 4.67. The minimum atomic E-state index is -0.587. The second-order valence-electron chi connectivity index (χ2n) is 6.68. The average Bonchev–Trinajstić information content (AvgIpc) is 2.97.